The first-order valence-electron chi connectivity index (χ1n) is 9.10. The molecule has 0 bridgehead atoms. The van der Waals surface area contributed by atoms with Crippen LogP contribution in [0.2, 0.25) is 0 Å². The molecule has 1 fully saturated rings. The summed E-state index contributed by atoms with van der Waals surface area (Å²) < 4.78 is 27.9. The van der Waals surface area contributed by atoms with Crippen molar-refractivity contribution in [3.05, 3.63) is 29.8 Å². The fourth-order valence-corrected chi connectivity index (χ4v) is 4.72. The van der Waals surface area contributed by atoms with Crippen LogP contribution in [0.25, 0.3) is 0 Å². The lowest BCUT2D eigenvalue weighted by Crippen LogP contribution is -2.36. The number of carbonyl (C=O) groups is 1. The van der Waals surface area contributed by atoms with Crippen molar-refractivity contribution in [1.82, 2.24) is 9.62 Å². The van der Waals surface area contributed by atoms with Crippen molar-refractivity contribution in [2.24, 2.45) is 5.92 Å². The van der Waals surface area contributed by atoms with E-state index >= 15 is 0 Å². The molecule has 1 atom stereocenters. The van der Waals surface area contributed by atoms with Crippen molar-refractivity contribution < 1.29 is 13.2 Å². The summed E-state index contributed by atoms with van der Waals surface area (Å²) in [6.07, 6.45) is 4.79. The predicted octanol–water partition coefficient (Wildman–Crippen LogP) is 3.41. The summed E-state index contributed by atoms with van der Waals surface area (Å²) in [5.74, 6) is 0.346. The minimum atomic E-state index is -3.59. The average molecular weight is 367 g/mol. The van der Waals surface area contributed by atoms with Gasteiger partial charge in [-0.3, -0.25) is 4.79 Å². The molecule has 25 heavy (non-hydrogen) atoms. The summed E-state index contributed by atoms with van der Waals surface area (Å²) in [7, 11) is -1.81. The van der Waals surface area contributed by atoms with Crippen LogP contribution in [0.3, 0.4) is 0 Å². The minimum absolute atomic E-state index is 0.0121. The maximum Gasteiger partial charge on any atom is 0.253 e. The normalized spacial score (nSPS) is 17.0. The van der Waals surface area contributed by atoms with E-state index in [0.717, 1.165) is 32.1 Å². The van der Waals surface area contributed by atoms with Gasteiger partial charge in [0, 0.05) is 24.7 Å². The fraction of sp³-hybridized carbons (Fsp3) is 0.632. The van der Waals surface area contributed by atoms with Gasteiger partial charge in [-0.25, -0.2) is 13.1 Å². The first kappa shape index (κ1) is 19.9. The number of hydrogen-bond acceptors (Lipinski definition) is 3. The number of nitrogens with zero attached hydrogens (tertiary/aromatic N) is 1. The highest BCUT2D eigenvalue weighted by molar-refractivity contribution is 7.89. The van der Waals surface area contributed by atoms with E-state index in [1.165, 1.54) is 6.07 Å². The molecule has 2 rings (SSSR count). The number of benzene rings is 1. The van der Waals surface area contributed by atoms with Gasteiger partial charge in [-0.2, -0.15) is 0 Å². The molecule has 1 aliphatic rings. The predicted molar refractivity (Wildman–Crippen MR) is 100 cm³/mol. The SMILES string of the molecule is CC(C)C[C@H](C)N(C)C(=O)c1cccc(S(=O)(=O)NC2CCCC2)c1. The molecule has 5 nitrogen and oxygen atoms in total. The van der Waals surface area contributed by atoms with E-state index in [4.69, 9.17) is 0 Å². The van der Waals surface area contributed by atoms with Crippen LogP contribution in [0.15, 0.2) is 29.2 Å². The van der Waals surface area contributed by atoms with Crippen LogP contribution in [0.5, 0.6) is 0 Å². The molecule has 0 aliphatic heterocycles. The van der Waals surface area contributed by atoms with Crippen molar-refractivity contribution in [3.8, 4) is 0 Å². The molecule has 0 unspecified atom stereocenters. The Bertz CT molecular complexity index is 694. The molecule has 1 amide bonds. The van der Waals surface area contributed by atoms with Gasteiger partial charge in [-0.05, 0) is 50.3 Å². The van der Waals surface area contributed by atoms with Gasteiger partial charge in [0.1, 0.15) is 0 Å². The molecule has 1 aliphatic carbocycles. The maximum absolute atomic E-state index is 12.7. The monoisotopic (exact) mass is 366 g/mol. The Labute approximate surface area is 151 Å². The third-order valence-electron chi connectivity index (χ3n) is 4.86. The highest BCUT2D eigenvalue weighted by Gasteiger charge is 2.24. The Morgan fingerprint density at radius 2 is 1.88 bits per heavy atom. The first-order valence-corrected chi connectivity index (χ1v) is 10.6. The topological polar surface area (TPSA) is 66.5 Å². The van der Waals surface area contributed by atoms with Crippen molar-refractivity contribution in [1.29, 1.82) is 0 Å². The van der Waals surface area contributed by atoms with Crippen LogP contribution in [-0.4, -0.2) is 38.4 Å². The number of nitrogens with one attached hydrogen (secondary N) is 1. The molecule has 1 aromatic carbocycles. The number of amides is 1. The van der Waals surface area contributed by atoms with E-state index in [9.17, 15) is 13.2 Å². The summed E-state index contributed by atoms with van der Waals surface area (Å²) in [6, 6.07) is 6.46. The van der Waals surface area contributed by atoms with Crippen molar-refractivity contribution in [3.63, 3.8) is 0 Å². The maximum atomic E-state index is 12.7. The van der Waals surface area contributed by atoms with Gasteiger partial charge in [0.2, 0.25) is 10.0 Å². The van der Waals surface area contributed by atoms with Crippen molar-refractivity contribution in [2.75, 3.05) is 7.05 Å². The van der Waals surface area contributed by atoms with E-state index in [0.29, 0.717) is 11.5 Å². The smallest absolute Gasteiger partial charge is 0.253 e. The van der Waals surface area contributed by atoms with Gasteiger partial charge in [0.25, 0.3) is 5.91 Å². The van der Waals surface area contributed by atoms with Crippen LogP contribution in [0.4, 0.5) is 0 Å². The van der Waals surface area contributed by atoms with E-state index in [2.05, 4.69) is 18.6 Å². The Balaban J connectivity index is 2.15. The van der Waals surface area contributed by atoms with Gasteiger partial charge < -0.3 is 4.90 Å². The Morgan fingerprint density at radius 3 is 2.48 bits per heavy atom. The Hall–Kier alpha value is -1.40. The lowest BCUT2D eigenvalue weighted by atomic mass is 10.0. The fourth-order valence-electron chi connectivity index (χ4n) is 3.37. The molecule has 140 valence electrons. The van der Waals surface area contributed by atoms with E-state index in [-0.39, 0.29) is 22.9 Å². The number of rotatable bonds is 7. The summed E-state index contributed by atoms with van der Waals surface area (Å²) >= 11 is 0. The molecule has 6 heteroatoms. The molecular weight excluding hydrogens is 336 g/mol. The zero-order valence-corrected chi connectivity index (χ0v) is 16.5. The molecule has 0 spiro atoms. The number of carbonyl (C=O) groups excluding carboxylic acids is 1. The first-order chi connectivity index (χ1) is 11.7. The molecule has 1 N–H and O–H groups in total. The van der Waals surface area contributed by atoms with Gasteiger partial charge in [-0.15, -0.1) is 0 Å². The third kappa shape index (κ3) is 5.28. The second-order valence-electron chi connectivity index (χ2n) is 7.53. The molecule has 0 radical (unpaired) electrons. The van der Waals surface area contributed by atoms with E-state index in [1.54, 1.807) is 30.1 Å². The van der Waals surface area contributed by atoms with Gasteiger partial charge in [0.15, 0.2) is 0 Å². The van der Waals surface area contributed by atoms with Crippen LogP contribution in [0.1, 0.15) is 63.2 Å². The van der Waals surface area contributed by atoms with E-state index in [1.807, 2.05) is 6.92 Å². The summed E-state index contributed by atoms with van der Waals surface area (Å²) in [4.78, 5) is 14.6. The molecule has 0 aromatic heterocycles. The van der Waals surface area contributed by atoms with Crippen molar-refractivity contribution >= 4 is 15.9 Å². The largest absolute Gasteiger partial charge is 0.339 e. The Morgan fingerprint density at radius 1 is 1.24 bits per heavy atom. The van der Waals surface area contributed by atoms with Gasteiger partial charge in [0.05, 0.1) is 4.90 Å². The second kappa shape index (κ2) is 8.32. The second-order valence-corrected chi connectivity index (χ2v) is 9.24. The molecule has 1 saturated carbocycles. The van der Waals surface area contributed by atoms with Crippen LogP contribution >= 0.6 is 0 Å². The summed E-state index contributed by atoms with van der Waals surface area (Å²) in [6.45, 7) is 6.26. The molecule has 1 aromatic rings. The lowest BCUT2D eigenvalue weighted by Gasteiger charge is -2.26. The highest BCUT2D eigenvalue weighted by Crippen LogP contribution is 2.21. The van der Waals surface area contributed by atoms with Crippen LogP contribution in [0, 0.1) is 5.92 Å². The standard InChI is InChI=1S/C19H30N2O3S/c1-14(2)12-15(3)21(4)19(22)16-8-7-11-18(13-16)25(23,24)20-17-9-5-6-10-17/h7-8,11,13-15,17,20H,5-6,9-10,12H2,1-4H3/t15-/m0/s1. The lowest BCUT2D eigenvalue weighted by molar-refractivity contribution is 0.0728. The highest BCUT2D eigenvalue weighted by atomic mass is 32.2. The zero-order chi connectivity index (χ0) is 18.6. The molecule has 0 saturated heterocycles. The van der Waals surface area contributed by atoms with Crippen LogP contribution < -0.4 is 4.72 Å². The summed E-state index contributed by atoms with van der Waals surface area (Å²) in [5, 5.41) is 0. The van der Waals surface area contributed by atoms with E-state index < -0.39 is 10.0 Å². The van der Waals surface area contributed by atoms with Crippen LogP contribution in [-0.2, 0) is 10.0 Å². The van der Waals surface area contributed by atoms with Gasteiger partial charge in [-0.1, -0.05) is 32.8 Å². The average Bonchev–Trinajstić information content (AvgIpc) is 3.05. The number of sulfonamides is 1. The Kier molecular flexibility index (Phi) is 6.63. The number of hydrogen-bond donors (Lipinski definition) is 1. The quantitative estimate of drug-likeness (QED) is 0.804. The zero-order valence-electron chi connectivity index (χ0n) is 15.7. The third-order valence-corrected chi connectivity index (χ3v) is 6.38. The molecule has 0 heterocycles. The van der Waals surface area contributed by atoms with Crippen molar-refractivity contribution in [2.45, 2.75) is 69.9 Å². The van der Waals surface area contributed by atoms with Gasteiger partial charge >= 0.3 is 0 Å². The summed E-state index contributed by atoms with van der Waals surface area (Å²) in [5.41, 5.74) is 0.410. The molecular formula is C19H30N2O3S. The minimum Gasteiger partial charge on any atom is -0.339 e.